The molecule has 0 aliphatic heterocycles. The van der Waals surface area contributed by atoms with Gasteiger partial charge >= 0.3 is 0 Å². The molecule has 0 saturated heterocycles. The van der Waals surface area contributed by atoms with Crippen molar-refractivity contribution in [2.24, 2.45) is 0 Å². The summed E-state index contributed by atoms with van der Waals surface area (Å²) >= 11 is 1.45. The van der Waals surface area contributed by atoms with Crippen LogP contribution in [0.4, 0.5) is 10.8 Å². The third-order valence-electron chi connectivity index (χ3n) is 2.52. The molecule has 0 atom stereocenters. The summed E-state index contributed by atoms with van der Waals surface area (Å²) in [5, 5.41) is 3.30. The van der Waals surface area contributed by atoms with E-state index < -0.39 is 0 Å². The molecule has 1 aromatic carbocycles. The van der Waals surface area contributed by atoms with Crippen molar-refractivity contribution in [3.63, 3.8) is 0 Å². The van der Waals surface area contributed by atoms with Crippen LogP contribution in [0.3, 0.4) is 0 Å². The number of aryl methyl sites for hydroxylation is 2. The van der Waals surface area contributed by atoms with Gasteiger partial charge in [0.1, 0.15) is 5.75 Å². The van der Waals surface area contributed by atoms with Gasteiger partial charge in [0.2, 0.25) is 0 Å². The van der Waals surface area contributed by atoms with Crippen molar-refractivity contribution in [2.75, 3.05) is 17.7 Å². The Morgan fingerprint density at radius 3 is 2.63 bits per heavy atom. The van der Waals surface area contributed by atoms with Crippen LogP contribution in [0.5, 0.6) is 5.75 Å². The number of hydrogen-bond donors (Lipinski definition) is 2. The second kappa shape index (κ2) is 5.71. The van der Waals surface area contributed by atoms with E-state index in [9.17, 15) is 4.79 Å². The summed E-state index contributed by atoms with van der Waals surface area (Å²) in [4.78, 5) is 17.0. The highest BCUT2D eigenvalue weighted by molar-refractivity contribution is 7.15. The lowest BCUT2D eigenvalue weighted by molar-refractivity contribution is -0.118. The Bertz CT molecular complexity index is 559. The smallest absolute Gasteiger partial charge is 0.264 e. The van der Waals surface area contributed by atoms with E-state index in [1.807, 2.05) is 13.8 Å². The van der Waals surface area contributed by atoms with Gasteiger partial charge in [-0.1, -0.05) is 0 Å². The number of nitrogen functional groups attached to an aromatic ring is 1. The van der Waals surface area contributed by atoms with Crippen molar-refractivity contribution in [1.29, 1.82) is 0 Å². The molecule has 0 radical (unpaired) electrons. The minimum absolute atomic E-state index is 0.0540. The molecule has 100 valence electrons. The molecule has 0 spiro atoms. The number of ether oxygens (including phenoxy) is 1. The SMILES string of the molecule is Cc1nc(NC(=O)COc2ccc(N)cc2)sc1C. The topological polar surface area (TPSA) is 77.2 Å². The molecule has 0 aliphatic rings. The van der Waals surface area contributed by atoms with Crippen LogP contribution in [0, 0.1) is 13.8 Å². The minimum atomic E-state index is -0.231. The molecule has 0 saturated carbocycles. The number of carbonyl (C=O) groups excluding carboxylic acids is 1. The van der Waals surface area contributed by atoms with E-state index in [-0.39, 0.29) is 12.5 Å². The fraction of sp³-hybridized carbons (Fsp3) is 0.231. The van der Waals surface area contributed by atoms with Crippen molar-refractivity contribution < 1.29 is 9.53 Å². The van der Waals surface area contributed by atoms with Gasteiger partial charge in [-0.2, -0.15) is 0 Å². The molecule has 2 aromatic rings. The molecule has 0 fully saturated rings. The Hall–Kier alpha value is -2.08. The molecular weight excluding hydrogens is 262 g/mol. The zero-order valence-electron chi connectivity index (χ0n) is 10.8. The Labute approximate surface area is 115 Å². The first kappa shape index (κ1) is 13.4. The standard InChI is InChI=1S/C13H15N3O2S/c1-8-9(2)19-13(15-8)16-12(17)7-18-11-5-3-10(14)4-6-11/h3-6H,7,14H2,1-2H3,(H,15,16,17). The van der Waals surface area contributed by atoms with E-state index in [1.165, 1.54) is 11.3 Å². The van der Waals surface area contributed by atoms with Gasteiger partial charge in [0.05, 0.1) is 5.69 Å². The lowest BCUT2D eigenvalue weighted by Crippen LogP contribution is -2.20. The number of thiazole rings is 1. The molecule has 0 bridgehead atoms. The monoisotopic (exact) mass is 277 g/mol. The van der Waals surface area contributed by atoms with Crippen molar-refractivity contribution in [2.45, 2.75) is 13.8 Å². The number of amides is 1. The van der Waals surface area contributed by atoms with Crippen molar-refractivity contribution in [1.82, 2.24) is 4.98 Å². The first-order chi connectivity index (χ1) is 9.04. The molecule has 1 amide bonds. The molecule has 19 heavy (non-hydrogen) atoms. The van der Waals surface area contributed by atoms with Gasteiger partial charge in [-0.3, -0.25) is 10.1 Å². The summed E-state index contributed by atoms with van der Waals surface area (Å²) in [6.07, 6.45) is 0. The number of benzene rings is 1. The molecule has 0 unspecified atom stereocenters. The van der Waals surface area contributed by atoms with Crippen LogP contribution in [-0.2, 0) is 4.79 Å². The number of aromatic nitrogens is 1. The molecule has 6 heteroatoms. The minimum Gasteiger partial charge on any atom is -0.484 e. The third kappa shape index (κ3) is 3.69. The molecule has 1 aromatic heterocycles. The van der Waals surface area contributed by atoms with Crippen molar-refractivity contribution in [3.8, 4) is 5.75 Å². The summed E-state index contributed by atoms with van der Waals surface area (Å²) in [7, 11) is 0. The van der Waals surface area contributed by atoms with Crippen LogP contribution in [0.15, 0.2) is 24.3 Å². The van der Waals surface area contributed by atoms with Crippen LogP contribution in [0.1, 0.15) is 10.6 Å². The maximum Gasteiger partial charge on any atom is 0.264 e. The van der Waals surface area contributed by atoms with Crippen LogP contribution >= 0.6 is 11.3 Å². The number of hydrogen-bond acceptors (Lipinski definition) is 5. The fourth-order valence-corrected chi connectivity index (χ4v) is 2.23. The number of nitrogens with one attached hydrogen (secondary N) is 1. The van der Waals surface area contributed by atoms with Gasteiger partial charge in [0.25, 0.3) is 5.91 Å². The Morgan fingerprint density at radius 2 is 2.05 bits per heavy atom. The Kier molecular flexibility index (Phi) is 4.01. The molecule has 5 nitrogen and oxygen atoms in total. The van der Waals surface area contributed by atoms with E-state index in [0.717, 1.165) is 10.6 Å². The molecule has 0 aliphatic carbocycles. The zero-order chi connectivity index (χ0) is 13.8. The highest BCUT2D eigenvalue weighted by atomic mass is 32.1. The van der Waals surface area contributed by atoms with E-state index in [2.05, 4.69) is 10.3 Å². The maximum absolute atomic E-state index is 11.7. The zero-order valence-corrected chi connectivity index (χ0v) is 11.6. The average molecular weight is 277 g/mol. The number of carbonyl (C=O) groups is 1. The van der Waals surface area contributed by atoms with Gasteiger partial charge in [0.15, 0.2) is 11.7 Å². The molecular formula is C13H15N3O2S. The highest BCUT2D eigenvalue weighted by Gasteiger charge is 2.08. The quantitative estimate of drug-likeness (QED) is 0.841. The Morgan fingerprint density at radius 1 is 1.37 bits per heavy atom. The van der Waals surface area contributed by atoms with Crippen LogP contribution < -0.4 is 15.8 Å². The van der Waals surface area contributed by atoms with Crippen molar-refractivity contribution >= 4 is 28.1 Å². The number of nitrogens with zero attached hydrogens (tertiary/aromatic N) is 1. The molecule has 1 heterocycles. The van der Waals surface area contributed by atoms with Gasteiger partial charge in [-0.05, 0) is 38.1 Å². The number of rotatable bonds is 4. The van der Waals surface area contributed by atoms with Crippen LogP contribution in [0.25, 0.3) is 0 Å². The summed E-state index contributed by atoms with van der Waals surface area (Å²) < 4.78 is 5.34. The third-order valence-corrected chi connectivity index (χ3v) is 3.51. The van der Waals surface area contributed by atoms with Crippen LogP contribution in [-0.4, -0.2) is 17.5 Å². The first-order valence-corrected chi connectivity index (χ1v) is 6.58. The van der Waals surface area contributed by atoms with Gasteiger partial charge in [0, 0.05) is 10.6 Å². The summed E-state index contributed by atoms with van der Waals surface area (Å²) in [6.45, 7) is 3.82. The summed E-state index contributed by atoms with van der Waals surface area (Å²) in [6, 6.07) is 6.89. The molecule has 3 N–H and O–H groups in total. The summed E-state index contributed by atoms with van der Waals surface area (Å²) in [5.74, 6) is 0.376. The lowest BCUT2D eigenvalue weighted by Gasteiger charge is -2.05. The lowest BCUT2D eigenvalue weighted by atomic mass is 10.3. The largest absolute Gasteiger partial charge is 0.484 e. The Balaban J connectivity index is 1.86. The van der Waals surface area contributed by atoms with Crippen molar-refractivity contribution in [3.05, 3.63) is 34.8 Å². The van der Waals surface area contributed by atoms with Crippen LogP contribution in [0.2, 0.25) is 0 Å². The fourth-order valence-electron chi connectivity index (χ4n) is 1.39. The maximum atomic E-state index is 11.7. The van der Waals surface area contributed by atoms with Gasteiger partial charge in [-0.15, -0.1) is 11.3 Å². The highest BCUT2D eigenvalue weighted by Crippen LogP contribution is 2.21. The first-order valence-electron chi connectivity index (χ1n) is 5.77. The van der Waals surface area contributed by atoms with E-state index in [4.69, 9.17) is 10.5 Å². The molecule has 2 rings (SSSR count). The summed E-state index contributed by atoms with van der Waals surface area (Å²) in [5.41, 5.74) is 7.15. The normalized spacial score (nSPS) is 10.2. The average Bonchev–Trinajstić information content (AvgIpc) is 2.67. The van der Waals surface area contributed by atoms with E-state index in [1.54, 1.807) is 24.3 Å². The second-order valence-electron chi connectivity index (χ2n) is 4.07. The second-order valence-corrected chi connectivity index (χ2v) is 5.27. The number of anilines is 2. The van der Waals surface area contributed by atoms with Gasteiger partial charge < -0.3 is 10.5 Å². The predicted octanol–water partition coefficient (Wildman–Crippen LogP) is 2.36. The number of nitrogens with two attached hydrogens (primary N) is 1. The van der Waals surface area contributed by atoms with Gasteiger partial charge in [-0.25, -0.2) is 4.98 Å². The predicted molar refractivity (Wildman–Crippen MR) is 76.6 cm³/mol. The van der Waals surface area contributed by atoms with E-state index >= 15 is 0 Å². The van der Waals surface area contributed by atoms with E-state index in [0.29, 0.717) is 16.6 Å².